The molecule has 0 spiro atoms. The van der Waals surface area contributed by atoms with Gasteiger partial charge in [0.05, 0.1) is 12.5 Å². The molecule has 1 saturated heterocycles. The van der Waals surface area contributed by atoms with E-state index in [2.05, 4.69) is 36.4 Å². The summed E-state index contributed by atoms with van der Waals surface area (Å²) in [6.07, 6.45) is 2.21. The third kappa shape index (κ3) is 2.30. The summed E-state index contributed by atoms with van der Waals surface area (Å²) in [5.41, 5.74) is 4.40. The van der Waals surface area contributed by atoms with Crippen LogP contribution < -0.4 is 0 Å². The van der Waals surface area contributed by atoms with E-state index in [0.717, 1.165) is 6.42 Å². The van der Waals surface area contributed by atoms with Crippen LogP contribution in [0.1, 0.15) is 54.4 Å². The van der Waals surface area contributed by atoms with Crippen molar-refractivity contribution in [3.8, 4) is 0 Å². The molecule has 0 aromatic heterocycles. The molecule has 3 aliphatic rings. The van der Waals surface area contributed by atoms with E-state index < -0.39 is 5.41 Å². The number of esters is 1. The first-order valence-electron chi connectivity index (χ1n) is 10.3. The summed E-state index contributed by atoms with van der Waals surface area (Å²) in [6.45, 7) is 3.50. The van der Waals surface area contributed by atoms with E-state index in [1.807, 2.05) is 24.0 Å². The van der Waals surface area contributed by atoms with Gasteiger partial charge in [-0.05, 0) is 48.4 Å². The maximum Gasteiger partial charge on any atom is 0.309 e. The van der Waals surface area contributed by atoms with E-state index in [1.165, 1.54) is 22.3 Å². The number of fused-ring (bicyclic) bond motifs is 8. The Morgan fingerprint density at radius 1 is 1.00 bits per heavy atom. The molecule has 0 saturated carbocycles. The highest BCUT2D eigenvalue weighted by Crippen LogP contribution is 2.60. The molecule has 2 aromatic rings. The molecule has 0 radical (unpaired) electrons. The standard InChI is InChI=1S/C24H25NO3/c1-2-28-22(26)16-11-13-25(14-12-16)23(27)24-15-19(17-7-3-5-9-20(17)24)18-8-4-6-10-21(18)24/h3-10,16,19H,2,11-15H2,1H3. The summed E-state index contributed by atoms with van der Waals surface area (Å²) in [5, 5.41) is 0. The van der Waals surface area contributed by atoms with Gasteiger partial charge >= 0.3 is 5.97 Å². The van der Waals surface area contributed by atoms with Crippen molar-refractivity contribution in [2.24, 2.45) is 5.92 Å². The van der Waals surface area contributed by atoms with Gasteiger partial charge in [0.15, 0.2) is 0 Å². The van der Waals surface area contributed by atoms with Gasteiger partial charge in [-0.15, -0.1) is 0 Å². The second-order valence-corrected chi connectivity index (χ2v) is 8.16. The zero-order chi connectivity index (χ0) is 19.3. The van der Waals surface area contributed by atoms with Crippen LogP contribution in [0.2, 0.25) is 0 Å². The number of nitrogens with zero attached hydrogens (tertiary/aromatic N) is 1. The number of carbonyl (C=O) groups is 2. The lowest BCUT2D eigenvalue weighted by Gasteiger charge is -2.38. The molecule has 4 heteroatoms. The van der Waals surface area contributed by atoms with Gasteiger partial charge in [-0.1, -0.05) is 48.5 Å². The average molecular weight is 375 g/mol. The fraction of sp³-hybridized carbons (Fsp3) is 0.417. The molecule has 1 amide bonds. The molecular weight excluding hydrogens is 350 g/mol. The molecule has 4 nitrogen and oxygen atoms in total. The second-order valence-electron chi connectivity index (χ2n) is 8.16. The Bertz CT molecular complexity index is 895. The predicted octanol–water partition coefficient (Wildman–Crippen LogP) is 3.62. The highest BCUT2D eigenvalue weighted by atomic mass is 16.5. The van der Waals surface area contributed by atoms with E-state index in [-0.39, 0.29) is 17.8 Å². The third-order valence-corrected chi connectivity index (χ3v) is 6.87. The number of benzene rings is 2. The number of amides is 1. The molecule has 5 rings (SSSR count). The molecule has 144 valence electrons. The largest absolute Gasteiger partial charge is 0.466 e. The average Bonchev–Trinajstić information content (AvgIpc) is 3.28. The van der Waals surface area contributed by atoms with Gasteiger partial charge in [0.2, 0.25) is 5.91 Å². The maximum atomic E-state index is 13.9. The topological polar surface area (TPSA) is 46.6 Å². The highest BCUT2D eigenvalue weighted by molar-refractivity contribution is 5.96. The molecule has 0 N–H and O–H groups in total. The highest BCUT2D eigenvalue weighted by Gasteiger charge is 2.58. The van der Waals surface area contributed by atoms with Gasteiger partial charge in [-0.2, -0.15) is 0 Å². The number of likely N-dealkylation sites (tertiary alicyclic amines) is 1. The summed E-state index contributed by atoms with van der Waals surface area (Å²) in [5.74, 6) is 0.314. The Hall–Kier alpha value is -2.62. The van der Waals surface area contributed by atoms with Crippen molar-refractivity contribution >= 4 is 11.9 Å². The number of piperidine rings is 1. The first-order valence-corrected chi connectivity index (χ1v) is 10.3. The minimum atomic E-state index is -0.561. The molecule has 2 bridgehead atoms. The first kappa shape index (κ1) is 17.5. The van der Waals surface area contributed by atoms with Crippen LogP contribution in [0.25, 0.3) is 0 Å². The fourth-order valence-corrected chi connectivity index (χ4v) is 5.60. The van der Waals surface area contributed by atoms with Crippen molar-refractivity contribution in [2.45, 2.75) is 37.5 Å². The lowest BCUT2D eigenvalue weighted by Crippen LogP contribution is -2.49. The van der Waals surface area contributed by atoms with Gasteiger partial charge in [0.1, 0.15) is 5.41 Å². The molecule has 0 unspecified atom stereocenters. The van der Waals surface area contributed by atoms with Crippen molar-refractivity contribution in [3.63, 3.8) is 0 Å². The Kier molecular flexibility index (Phi) is 4.04. The van der Waals surface area contributed by atoms with Crippen LogP contribution in [-0.4, -0.2) is 36.5 Å². The van der Waals surface area contributed by atoms with Crippen molar-refractivity contribution < 1.29 is 14.3 Å². The van der Waals surface area contributed by atoms with Gasteiger partial charge in [-0.25, -0.2) is 0 Å². The summed E-state index contributed by atoms with van der Waals surface area (Å²) in [4.78, 5) is 28.0. The molecule has 1 aliphatic heterocycles. The second kappa shape index (κ2) is 6.47. The zero-order valence-corrected chi connectivity index (χ0v) is 16.2. The normalized spacial score (nSPS) is 25.3. The number of rotatable bonds is 3. The van der Waals surface area contributed by atoms with Crippen LogP contribution in [0.4, 0.5) is 0 Å². The third-order valence-electron chi connectivity index (χ3n) is 6.87. The molecule has 0 atom stereocenters. The van der Waals surface area contributed by atoms with E-state index in [1.54, 1.807) is 0 Å². The summed E-state index contributed by atoms with van der Waals surface area (Å²) < 4.78 is 5.18. The summed E-state index contributed by atoms with van der Waals surface area (Å²) in [6, 6.07) is 16.9. The Morgan fingerprint density at radius 3 is 2.14 bits per heavy atom. The van der Waals surface area contributed by atoms with Crippen LogP contribution in [0, 0.1) is 5.92 Å². The Labute approximate surface area is 165 Å². The van der Waals surface area contributed by atoms with Gasteiger partial charge in [0, 0.05) is 19.0 Å². The molecular formula is C24H25NO3. The summed E-state index contributed by atoms with van der Waals surface area (Å²) >= 11 is 0. The van der Waals surface area contributed by atoms with Crippen LogP contribution >= 0.6 is 0 Å². The SMILES string of the molecule is CCOC(=O)C1CCN(C(=O)C23CC(c4ccccc42)c2ccccc23)CC1. The van der Waals surface area contributed by atoms with Crippen molar-refractivity contribution in [1.82, 2.24) is 4.90 Å². The van der Waals surface area contributed by atoms with E-state index in [9.17, 15) is 9.59 Å². The smallest absolute Gasteiger partial charge is 0.309 e. The molecule has 1 heterocycles. The van der Waals surface area contributed by atoms with Crippen molar-refractivity contribution in [3.05, 3.63) is 70.8 Å². The zero-order valence-electron chi connectivity index (χ0n) is 16.2. The minimum absolute atomic E-state index is 0.0824. The monoisotopic (exact) mass is 375 g/mol. The minimum Gasteiger partial charge on any atom is -0.466 e. The lowest BCUT2D eigenvalue weighted by atomic mass is 9.74. The molecule has 28 heavy (non-hydrogen) atoms. The van der Waals surface area contributed by atoms with Gasteiger partial charge in [0.25, 0.3) is 0 Å². The fourth-order valence-electron chi connectivity index (χ4n) is 5.60. The predicted molar refractivity (Wildman–Crippen MR) is 106 cm³/mol. The molecule has 1 fully saturated rings. The van der Waals surface area contributed by atoms with Crippen LogP contribution in [0.15, 0.2) is 48.5 Å². The number of hydrogen-bond acceptors (Lipinski definition) is 3. The van der Waals surface area contributed by atoms with Crippen LogP contribution in [0.5, 0.6) is 0 Å². The molecule has 2 aliphatic carbocycles. The number of hydrogen-bond donors (Lipinski definition) is 0. The lowest BCUT2D eigenvalue weighted by molar-refractivity contribution is -0.151. The van der Waals surface area contributed by atoms with Crippen LogP contribution in [0.3, 0.4) is 0 Å². The van der Waals surface area contributed by atoms with E-state index >= 15 is 0 Å². The molecule has 2 aromatic carbocycles. The van der Waals surface area contributed by atoms with Crippen LogP contribution in [-0.2, 0) is 19.7 Å². The van der Waals surface area contributed by atoms with Gasteiger partial charge in [-0.3, -0.25) is 9.59 Å². The quantitative estimate of drug-likeness (QED) is 0.770. The number of carbonyl (C=O) groups excluding carboxylic acids is 2. The maximum absolute atomic E-state index is 13.9. The Balaban J connectivity index is 1.47. The van der Waals surface area contributed by atoms with Crippen molar-refractivity contribution in [1.29, 1.82) is 0 Å². The van der Waals surface area contributed by atoms with E-state index in [4.69, 9.17) is 4.74 Å². The summed E-state index contributed by atoms with van der Waals surface area (Å²) in [7, 11) is 0. The van der Waals surface area contributed by atoms with E-state index in [0.29, 0.717) is 38.5 Å². The Morgan fingerprint density at radius 2 is 1.57 bits per heavy atom. The number of ether oxygens (including phenoxy) is 1. The van der Waals surface area contributed by atoms with Crippen molar-refractivity contribution in [2.75, 3.05) is 19.7 Å². The van der Waals surface area contributed by atoms with Gasteiger partial charge < -0.3 is 9.64 Å². The first-order chi connectivity index (χ1) is 13.7.